The minimum Gasteiger partial charge on any atom is -0.480 e. The highest BCUT2D eigenvalue weighted by Gasteiger charge is 2.04. The van der Waals surface area contributed by atoms with Crippen LogP contribution in [0, 0.1) is 0 Å². The van der Waals surface area contributed by atoms with Crippen LogP contribution in [-0.2, 0) is 19.1 Å². The number of rotatable bonds is 11. The standard InChI is InChI=1S/C12H21NO5/c1-2-4-10(14)5-3-7-18-8-6-11(15)13-9-12(16)17/h2-9H2,1H3,(H,13,15)(H,16,17). The topological polar surface area (TPSA) is 92.7 Å². The molecular formula is C12H21NO5. The van der Waals surface area contributed by atoms with E-state index in [9.17, 15) is 14.4 Å². The number of ether oxygens (including phenoxy) is 1. The van der Waals surface area contributed by atoms with Gasteiger partial charge in [-0.2, -0.15) is 0 Å². The summed E-state index contributed by atoms with van der Waals surface area (Å²) in [5.74, 6) is -1.18. The molecule has 0 spiro atoms. The second kappa shape index (κ2) is 10.7. The molecular weight excluding hydrogens is 238 g/mol. The van der Waals surface area contributed by atoms with Gasteiger partial charge in [-0.15, -0.1) is 0 Å². The third-order valence-corrected chi connectivity index (χ3v) is 2.18. The molecule has 2 N–H and O–H groups in total. The Morgan fingerprint density at radius 1 is 1.11 bits per heavy atom. The van der Waals surface area contributed by atoms with E-state index < -0.39 is 5.97 Å². The van der Waals surface area contributed by atoms with Crippen LogP contribution >= 0.6 is 0 Å². The van der Waals surface area contributed by atoms with Gasteiger partial charge >= 0.3 is 5.97 Å². The van der Waals surface area contributed by atoms with Crippen molar-refractivity contribution in [3.63, 3.8) is 0 Å². The molecule has 6 heteroatoms. The SMILES string of the molecule is CCCC(=O)CCCOCCC(=O)NCC(=O)O. The molecule has 104 valence electrons. The molecule has 0 saturated carbocycles. The molecule has 0 heterocycles. The summed E-state index contributed by atoms with van der Waals surface area (Å²) in [5, 5.41) is 10.6. The number of carboxylic acids is 1. The molecule has 0 radical (unpaired) electrons. The molecule has 0 unspecified atom stereocenters. The van der Waals surface area contributed by atoms with Gasteiger partial charge in [0.2, 0.25) is 5.91 Å². The van der Waals surface area contributed by atoms with Crippen molar-refractivity contribution in [3.8, 4) is 0 Å². The summed E-state index contributed by atoms with van der Waals surface area (Å²) in [6.07, 6.45) is 2.78. The highest BCUT2D eigenvalue weighted by molar-refractivity contribution is 5.81. The Morgan fingerprint density at radius 3 is 2.44 bits per heavy atom. The largest absolute Gasteiger partial charge is 0.480 e. The molecule has 0 aliphatic carbocycles. The number of carbonyl (C=O) groups is 3. The second-order valence-corrected chi connectivity index (χ2v) is 3.93. The van der Waals surface area contributed by atoms with Crippen molar-refractivity contribution in [1.29, 1.82) is 0 Å². The summed E-state index contributed by atoms with van der Waals surface area (Å²) in [7, 11) is 0. The Morgan fingerprint density at radius 2 is 1.83 bits per heavy atom. The summed E-state index contributed by atoms with van der Waals surface area (Å²) in [4.78, 5) is 32.4. The van der Waals surface area contributed by atoms with Crippen LogP contribution in [0.5, 0.6) is 0 Å². The van der Waals surface area contributed by atoms with Crippen LogP contribution in [0.2, 0.25) is 0 Å². The summed E-state index contributed by atoms with van der Waals surface area (Å²) < 4.78 is 5.18. The molecule has 0 bridgehead atoms. The molecule has 0 rings (SSSR count). The van der Waals surface area contributed by atoms with Gasteiger partial charge in [-0.1, -0.05) is 6.92 Å². The van der Waals surface area contributed by atoms with Crippen molar-refractivity contribution in [3.05, 3.63) is 0 Å². The lowest BCUT2D eigenvalue weighted by molar-refractivity contribution is -0.138. The van der Waals surface area contributed by atoms with Gasteiger partial charge in [0.25, 0.3) is 0 Å². The fourth-order valence-corrected chi connectivity index (χ4v) is 1.30. The monoisotopic (exact) mass is 259 g/mol. The third-order valence-electron chi connectivity index (χ3n) is 2.18. The van der Waals surface area contributed by atoms with Gasteiger partial charge in [-0.3, -0.25) is 14.4 Å². The minimum atomic E-state index is -1.07. The maximum Gasteiger partial charge on any atom is 0.322 e. The van der Waals surface area contributed by atoms with E-state index in [2.05, 4.69) is 5.32 Å². The van der Waals surface area contributed by atoms with E-state index in [0.717, 1.165) is 6.42 Å². The highest BCUT2D eigenvalue weighted by Crippen LogP contribution is 1.98. The fourth-order valence-electron chi connectivity index (χ4n) is 1.30. The van der Waals surface area contributed by atoms with Crippen molar-refractivity contribution in [1.82, 2.24) is 5.32 Å². The van der Waals surface area contributed by atoms with E-state index in [1.165, 1.54) is 0 Å². The lowest BCUT2D eigenvalue weighted by atomic mass is 10.1. The lowest BCUT2D eigenvalue weighted by Crippen LogP contribution is -2.29. The summed E-state index contributed by atoms with van der Waals surface area (Å²) >= 11 is 0. The zero-order chi connectivity index (χ0) is 13.8. The Bertz CT molecular complexity index is 278. The zero-order valence-electron chi connectivity index (χ0n) is 10.7. The molecule has 18 heavy (non-hydrogen) atoms. The molecule has 0 aliphatic rings. The first-order valence-electron chi connectivity index (χ1n) is 6.14. The van der Waals surface area contributed by atoms with Crippen LogP contribution in [0.25, 0.3) is 0 Å². The molecule has 0 atom stereocenters. The van der Waals surface area contributed by atoms with Crippen LogP contribution in [0.3, 0.4) is 0 Å². The van der Waals surface area contributed by atoms with Crippen molar-refractivity contribution < 1.29 is 24.2 Å². The molecule has 0 fully saturated rings. The van der Waals surface area contributed by atoms with Crippen molar-refractivity contribution in [2.75, 3.05) is 19.8 Å². The first kappa shape index (κ1) is 16.6. The smallest absolute Gasteiger partial charge is 0.322 e. The molecule has 0 aromatic rings. The van der Waals surface area contributed by atoms with Gasteiger partial charge in [-0.25, -0.2) is 0 Å². The number of nitrogens with one attached hydrogen (secondary N) is 1. The van der Waals surface area contributed by atoms with Gasteiger partial charge in [0.15, 0.2) is 0 Å². The summed E-state index contributed by atoms with van der Waals surface area (Å²) in [6, 6.07) is 0. The molecule has 0 aromatic heterocycles. The van der Waals surface area contributed by atoms with Crippen LogP contribution < -0.4 is 5.32 Å². The van der Waals surface area contributed by atoms with E-state index >= 15 is 0 Å². The Balaban J connectivity index is 3.32. The molecule has 6 nitrogen and oxygen atoms in total. The Labute approximate surface area is 107 Å². The maximum absolute atomic E-state index is 11.2. The molecule has 0 saturated heterocycles. The van der Waals surface area contributed by atoms with Gasteiger partial charge in [0.05, 0.1) is 6.61 Å². The second-order valence-electron chi connectivity index (χ2n) is 3.93. The van der Waals surface area contributed by atoms with Crippen LogP contribution in [-0.4, -0.2) is 42.5 Å². The van der Waals surface area contributed by atoms with Gasteiger partial charge in [0, 0.05) is 25.9 Å². The van der Waals surface area contributed by atoms with E-state index in [4.69, 9.17) is 9.84 Å². The zero-order valence-corrected chi connectivity index (χ0v) is 10.7. The number of hydrogen-bond acceptors (Lipinski definition) is 4. The number of carboxylic acid groups (broad SMARTS) is 1. The number of aliphatic carboxylic acids is 1. The highest BCUT2D eigenvalue weighted by atomic mass is 16.5. The predicted molar refractivity (Wildman–Crippen MR) is 65.2 cm³/mol. The number of carbonyl (C=O) groups excluding carboxylic acids is 2. The molecule has 1 amide bonds. The van der Waals surface area contributed by atoms with Crippen LogP contribution in [0.15, 0.2) is 0 Å². The van der Waals surface area contributed by atoms with Gasteiger partial charge < -0.3 is 15.2 Å². The predicted octanol–water partition coefficient (Wildman–Crippen LogP) is 0.743. The van der Waals surface area contributed by atoms with Crippen molar-refractivity contribution >= 4 is 17.7 Å². The minimum absolute atomic E-state index is 0.135. The quantitative estimate of drug-likeness (QED) is 0.534. The summed E-state index contributed by atoms with van der Waals surface area (Å²) in [5.41, 5.74) is 0. The summed E-state index contributed by atoms with van der Waals surface area (Å²) in [6.45, 7) is 2.28. The molecule has 0 aliphatic heterocycles. The number of ketones is 1. The lowest BCUT2D eigenvalue weighted by Gasteiger charge is -2.04. The maximum atomic E-state index is 11.2. The Kier molecular flexibility index (Phi) is 9.86. The first-order chi connectivity index (χ1) is 8.56. The average molecular weight is 259 g/mol. The van der Waals surface area contributed by atoms with E-state index in [-0.39, 0.29) is 31.3 Å². The first-order valence-corrected chi connectivity index (χ1v) is 6.14. The van der Waals surface area contributed by atoms with E-state index in [0.29, 0.717) is 25.9 Å². The number of Topliss-reactive ketones (excluding diaryl/α,β-unsaturated/α-hetero) is 1. The van der Waals surface area contributed by atoms with Crippen LogP contribution in [0.1, 0.15) is 39.0 Å². The van der Waals surface area contributed by atoms with Crippen molar-refractivity contribution in [2.24, 2.45) is 0 Å². The van der Waals surface area contributed by atoms with Gasteiger partial charge in [-0.05, 0) is 12.8 Å². The number of hydrogen-bond donors (Lipinski definition) is 2. The van der Waals surface area contributed by atoms with E-state index in [1.807, 2.05) is 6.92 Å². The molecule has 0 aromatic carbocycles. The van der Waals surface area contributed by atoms with E-state index in [1.54, 1.807) is 0 Å². The normalized spacial score (nSPS) is 10.1. The van der Waals surface area contributed by atoms with Crippen molar-refractivity contribution in [2.45, 2.75) is 39.0 Å². The fraction of sp³-hybridized carbons (Fsp3) is 0.750. The number of amides is 1. The van der Waals surface area contributed by atoms with Gasteiger partial charge in [0.1, 0.15) is 12.3 Å². The third kappa shape index (κ3) is 11.1. The average Bonchev–Trinajstić information content (AvgIpc) is 2.31. The Hall–Kier alpha value is -1.43. The van der Waals surface area contributed by atoms with Crippen LogP contribution in [0.4, 0.5) is 0 Å².